The molecule has 19 heavy (non-hydrogen) atoms. The molecule has 0 fully saturated rings. The molecule has 0 unspecified atom stereocenters. The number of aromatic nitrogens is 1. The van der Waals surface area contributed by atoms with Crippen molar-refractivity contribution in [3.8, 4) is 0 Å². The standard InChI is InChI=1S/C16H16N2O/c1-12-7-8-15(19-12)11-17-10-14-5-2-4-13-6-3-9-18-16(13)14/h2-9,17H,10-11H2,1H3. The molecule has 2 aromatic heterocycles. The van der Waals surface area contributed by atoms with Crippen LogP contribution in [0.4, 0.5) is 0 Å². The summed E-state index contributed by atoms with van der Waals surface area (Å²) in [6.07, 6.45) is 1.84. The molecule has 0 radical (unpaired) electrons. The first kappa shape index (κ1) is 11.9. The smallest absolute Gasteiger partial charge is 0.117 e. The van der Waals surface area contributed by atoms with Gasteiger partial charge in [0.05, 0.1) is 12.1 Å². The zero-order valence-corrected chi connectivity index (χ0v) is 10.9. The van der Waals surface area contributed by atoms with Crippen molar-refractivity contribution >= 4 is 10.9 Å². The monoisotopic (exact) mass is 252 g/mol. The number of furan rings is 1. The molecule has 3 heteroatoms. The average Bonchev–Trinajstić information content (AvgIpc) is 2.85. The zero-order valence-electron chi connectivity index (χ0n) is 10.9. The first-order valence-corrected chi connectivity index (χ1v) is 6.41. The van der Waals surface area contributed by atoms with Gasteiger partial charge in [0.15, 0.2) is 0 Å². The van der Waals surface area contributed by atoms with Crippen LogP contribution in [0.3, 0.4) is 0 Å². The number of hydrogen-bond donors (Lipinski definition) is 1. The van der Waals surface area contributed by atoms with Crippen molar-refractivity contribution < 1.29 is 4.42 Å². The molecular weight excluding hydrogens is 236 g/mol. The van der Waals surface area contributed by atoms with Crippen LogP contribution in [-0.2, 0) is 13.1 Å². The molecule has 0 aliphatic rings. The van der Waals surface area contributed by atoms with Crippen LogP contribution in [-0.4, -0.2) is 4.98 Å². The van der Waals surface area contributed by atoms with Gasteiger partial charge in [-0.15, -0.1) is 0 Å². The lowest BCUT2D eigenvalue weighted by Gasteiger charge is -2.06. The summed E-state index contributed by atoms with van der Waals surface area (Å²) in [5.74, 6) is 1.91. The molecule has 3 rings (SSSR count). The zero-order chi connectivity index (χ0) is 13.1. The van der Waals surface area contributed by atoms with Crippen molar-refractivity contribution in [2.24, 2.45) is 0 Å². The van der Waals surface area contributed by atoms with Gasteiger partial charge >= 0.3 is 0 Å². The Morgan fingerprint density at radius 1 is 1.05 bits per heavy atom. The van der Waals surface area contributed by atoms with Gasteiger partial charge in [-0.2, -0.15) is 0 Å². The van der Waals surface area contributed by atoms with Gasteiger partial charge in [0.25, 0.3) is 0 Å². The van der Waals surface area contributed by atoms with Gasteiger partial charge < -0.3 is 9.73 Å². The third-order valence-electron chi connectivity index (χ3n) is 3.13. The minimum atomic E-state index is 0.733. The summed E-state index contributed by atoms with van der Waals surface area (Å²) in [5.41, 5.74) is 2.27. The number of hydrogen-bond acceptors (Lipinski definition) is 3. The number of benzene rings is 1. The van der Waals surface area contributed by atoms with Crippen LogP contribution in [0.15, 0.2) is 53.1 Å². The summed E-state index contributed by atoms with van der Waals surface area (Å²) in [6, 6.07) is 14.3. The van der Waals surface area contributed by atoms with Crippen LogP contribution in [0.5, 0.6) is 0 Å². The van der Waals surface area contributed by atoms with E-state index in [1.165, 1.54) is 10.9 Å². The second-order valence-electron chi connectivity index (χ2n) is 4.61. The number of fused-ring (bicyclic) bond motifs is 1. The van der Waals surface area contributed by atoms with Gasteiger partial charge in [-0.1, -0.05) is 24.3 Å². The van der Waals surface area contributed by atoms with Crippen molar-refractivity contribution in [3.05, 3.63) is 65.7 Å². The van der Waals surface area contributed by atoms with E-state index in [-0.39, 0.29) is 0 Å². The Morgan fingerprint density at radius 2 is 1.95 bits per heavy atom. The van der Waals surface area contributed by atoms with E-state index in [4.69, 9.17) is 4.42 Å². The molecule has 0 saturated heterocycles. The Bertz CT molecular complexity index is 683. The molecule has 96 valence electrons. The molecule has 1 N–H and O–H groups in total. The number of nitrogens with one attached hydrogen (secondary N) is 1. The molecular formula is C16H16N2O. The summed E-state index contributed by atoms with van der Waals surface area (Å²) in [5, 5.41) is 4.57. The second-order valence-corrected chi connectivity index (χ2v) is 4.61. The molecule has 0 amide bonds. The van der Waals surface area contributed by atoms with Crippen molar-refractivity contribution in [2.75, 3.05) is 0 Å². The van der Waals surface area contributed by atoms with Gasteiger partial charge in [0.2, 0.25) is 0 Å². The van der Waals surface area contributed by atoms with E-state index in [1.807, 2.05) is 31.3 Å². The second kappa shape index (κ2) is 5.24. The highest BCUT2D eigenvalue weighted by Gasteiger charge is 2.02. The fourth-order valence-corrected chi connectivity index (χ4v) is 2.21. The normalized spacial score (nSPS) is 11.0. The van der Waals surface area contributed by atoms with Crippen molar-refractivity contribution in [3.63, 3.8) is 0 Å². The first-order chi connectivity index (χ1) is 9.33. The summed E-state index contributed by atoms with van der Waals surface area (Å²) in [7, 11) is 0. The summed E-state index contributed by atoms with van der Waals surface area (Å²) < 4.78 is 5.53. The van der Waals surface area contributed by atoms with Gasteiger partial charge in [-0.05, 0) is 30.7 Å². The molecule has 0 saturated carbocycles. The van der Waals surface area contributed by atoms with Crippen LogP contribution in [0.1, 0.15) is 17.1 Å². The molecule has 1 aromatic carbocycles. The molecule has 0 atom stereocenters. The quantitative estimate of drug-likeness (QED) is 0.773. The Hall–Kier alpha value is -2.13. The third kappa shape index (κ3) is 2.66. The molecule has 0 aliphatic heterocycles. The van der Waals surface area contributed by atoms with Crippen LogP contribution in [0, 0.1) is 6.92 Å². The number of para-hydroxylation sites is 1. The van der Waals surface area contributed by atoms with Gasteiger partial charge in [0.1, 0.15) is 11.5 Å². The SMILES string of the molecule is Cc1ccc(CNCc2cccc3cccnc23)o1. The topological polar surface area (TPSA) is 38.1 Å². The lowest BCUT2D eigenvalue weighted by atomic mass is 10.1. The minimum absolute atomic E-state index is 0.733. The number of rotatable bonds is 4. The number of aryl methyl sites for hydroxylation is 1. The summed E-state index contributed by atoms with van der Waals surface area (Å²) in [4.78, 5) is 4.45. The highest BCUT2D eigenvalue weighted by atomic mass is 16.3. The van der Waals surface area contributed by atoms with E-state index in [1.54, 1.807) is 0 Å². The van der Waals surface area contributed by atoms with E-state index in [9.17, 15) is 0 Å². The van der Waals surface area contributed by atoms with Crippen LogP contribution >= 0.6 is 0 Å². The van der Waals surface area contributed by atoms with Gasteiger partial charge in [-0.25, -0.2) is 0 Å². The minimum Gasteiger partial charge on any atom is -0.465 e. The van der Waals surface area contributed by atoms with Gasteiger partial charge in [0, 0.05) is 18.1 Å². The van der Waals surface area contributed by atoms with Crippen molar-refractivity contribution in [1.29, 1.82) is 0 Å². The first-order valence-electron chi connectivity index (χ1n) is 6.41. The number of pyridine rings is 1. The maximum atomic E-state index is 5.53. The predicted octanol–water partition coefficient (Wildman–Crippen LogP) is 3.43. The Morgan fingerprint density at radius 3 is 2.79 bits per heavy atom. The van der Waals surface area contributed by atoms with Crippen LogP contribution in [0.2, 0.25) is 0 Å². The lowest BCUT2D eigenvalue weighted by Crippen LogP contribution is -2.12. The van der Waals surface area contributed by atoms with E-state index in [0.717, 1.165) is 30.1 Å². The largest absolute Gasteiger partial charge is 0.465 e. The maximum Gasteiger partial charge on any atom is 0.117 e. The highest BCUT2D eigenvalue weighted by Crippen LogP contribution is 2.15. The average molecular weight is 252 g/mol. The summed E-state index contributed by atoms with van der Waals surface area (Å²) >= 11 is 0. The fourth-order valence-electron chi connectivity index (χ4n) is 2.21. The van der Waals surface area contributed by atoms with Crippen molar-refractivity contribution in [2.45, 2.75) is 20.0 Å². The molecule has 0 aliphatic carbocycles. The molecule has 3 nitrogen and oxygen atoms in total. The van der Waals surface area contributed by atoms with E-state index in [0.29, 0.717) is 0 Å². The van der Waals surface area contributed by atoms with Crippen LogP contribution in [0.25, 0.3) is 10.9 Å². The fraction of sp³-hybridized carbons (Fsp3) is 0.188. The molecule has 0 spiro atoms. The highest BCUT2D eigenvalue weighted by molar-refractivity contribution is 5.81. The Kier molecular flexibility index (Phi) is 3.29. The summed E-state index contributed by atoms with van der Waals surface area (Å²) in [6.45, 7) is 3.48. The third-order valence-corrected chi connectivity index (χ3v) is 3.13. The van der Waals surface area contributed by atoms with E-state index < -0.39 is 0 Å². The van der Waals surface area contributed by atoms with Crippen LogP contribution < -0.4 is 5.32 Å². The van der Waals surface area contributed by atoms with E-state index >= 15 is 0 Å². The van der Waals surface area contributed by atoms with E-state index in [2.05, 4.69) is 34.6 Å². The van der Waals surface area contributed by atoms with Gasteiger partial charge in [-0.3, -0.25) is 4.98 Å². The Labute approximate surface area is 112 Å². The predicted molar refractivity (Wildman–Crippen MR) is 75.7 cm³/mol. The molecule has 0 bridgehead atoms. The van der Waals surface area contributed by atoms with Crippen molar-refractivity contribution in [1.82, 2.24) is 10.3 Å². The number of nitrogens with zero attached hydrogens (tertiary/aromatic N) is 1. The lowest BCUT2D eigenvalue weighted by molar-refractivity contribution is 0.462. The molecule has 2 heterocycles. The Balaban J connectivity index is 1.71. The maximum absolute atomic E-state index is 5.53. The molecule has 3 aromatic rings.